The minimum Gasteiger partial charge on any atom is -0.478 e. The molecule has 0 aromatic heterocycles. The quantitative estimate of drug-likeness (QED) is 0.681. The van der Waals surface area contributed by atoms with Crippen molar-refractivity contribution in [3.63, 3.8) is 0 Å². The SMILES string of the molecule is CC(/C=C/C(=O)O)C1CCCCC1. The van der Waals surface area contributed by atoms with Gasteiger partial charge in [0, 0.05) is 6.08 Å². The van der Waals surface area contributed by atoms with Crippen LogP contribution in [0.2, 0.25) is 0 Å². The van der Waals surface area contributed by atoms with E-state index in [0.29, 0.717) is 11.8 Å². The van der Waals surface area contributed by atoms with Gasteiger partial charge < -0.3 is 5.11 Å². The van der Waals surface area contributed by atoms with Crippen molar-refractivity contribution in [2.24, 2.45) is 11.8 Å². The van der Waals surface area contributed by atoms with Gasteiger partial charge in [0.1, 0.15) is 0 Å². The molecule has 1 N–H and O–H groups in total. The van der Waals surface area contributed by atoms with Crippen LogP contribution >= 0.6 is 0 Å². The highest BCUT2D eigenvalue weighted by Crippen LogP contribution is 2.30. The summed E-state index contributed by atoms with van der Waals surface area (Å²) in [6, 6.07) is 0. The van der Waals surface area contributed by atoms with Gasteiger partial charge in [-0.05, 0) is 24.7 Å². The third kappa shape index (κ3) is 3.62. The van der Waals surface area contributed by atoms with E-state index in [2.05, 4.69) is 6.92 Å². The molecule has 0 saturated heterocycles. The van der Waals surface area contributed by atoms with Crippen molar-refractivity contribution in [3.8, 4) is 0 Å². The predicted octanol–water partition coefficient (Wildman–Crippen LogP) is 2.84. The maximum atomic E-state index is 10.3. The predicted molar refractivity (Wildman–Crippen MR) is 52.5 cm³/mol. The number of rotatable bonds is 3. The molecule has 2 heteroatoms. The topological polar surface area (TPSA) is 37.3 Å². The zero-order valence-corrected chi connectivity index (χ0v) is 8.20. The number of carboxylic acid groups (broad SMARTS) is 1. The standard InChI is InChI=1S/C11H18O2/c1-9(7-8-11(12)13)10-5-3-2-4-6-10/h7-10H,2-6H2,1H3,(H,12,13)/b8-7+. The van der Waals surface area contributed by atoms with Gasteiger partial charge in [-0.2, -0.15) is 0 Å². The molecule has 0 bridgehead atoms. The second-order valence-corrected chi connectivity index (χ2v) is 3.95. The Hall–Kier alpha value is -0.790. The lowest BCUT2D eigenvalue weighted by molar-refractivity contribution is -0.131. The lowest BCUT2D eigenvalue weighted by Gasteiger charge is -2.25. The second-order valence-electron chi connectivity index (χ2n) is 3.95. The fourth-order valence-electron chi connectivity index (χ4n) is 2.05. The summed E-state index contributed by atoms with van der Waals surface area (Å²) in [5, 5.41) is 8.47. The summed E-state index contributed by atoms with van der Waals surface area (Å²) in [4.78, 5) is 10.3. The van der Waals surface area contributed by atoms with Crippen molar-refractivity contribution in [1.29, 1.82) is 0 Å². The largest absolute Gasteiger partial charge is 0.478 e. The van der Waals surface area contributed by atoms with E-state index >= 15 is 0 Å². The van der Waals surface area contributed by atoms with Gasteiger partial charge >= 0.3 is 5.97 Å². The monoisotopic (exact) mass is 182 g/mol. The Balaban J connectivity index is 2.36. The minimum absolute atomic E-state index is 0.427. The molecule has 1 aliphatic carbocycles. The van der Waals surface area contributed by atoms with E-state index < -0.39 is 5.97 Å². The van der Waals surface area contributed by atoms with Crippen LogP contribution in [0.3, 0.4) is 0 Å². The summed E-state index contributed by atoms with van der Waals surface area (Å²) in [5.74, 6) is 0.309. The normalized spacial score (nSPS) is 21.9. The second kappa shape index (κ2) is 5.05. The highest BCUT2D eigenvalue weighted by atomic mass is 16.4. The Morgan fingerprint density at radius 1 is 1.38 bits per heavy atom. The van der Waals surface area contributed by atoms with Crippen LogP contribution in [0.5, 0.6) is 0 Å². The molecule has 0 aliphatic heterocycles. The zero-order valence-electron chi connectivity index (χ0n) is 8.20. The number of allylic oxidation sites excluding steroid dienone is 1. The molecule has 13 heavy (non-hydrogen) atoms. The molecule has 74 valence electrons. The van der Waals surface area contributed by atoms with Gasteiger partial charge in [-0.15, -0.1) is 0 Å². The number of carbonyl (C=O) groups is 1. The van der Waals surface area contributed by atoms with Gasteiger partial charge in [0.2, 0.25) is 0 Å². The summed E-state index contributed by atoms with van der Waals surface area (Å²) >= 11 is 0. The Bertz CT molecular complexity index is 190. The maximum Gasteiger partial charge on any atom is 0.327 e. The highest BCUT2D eigenvalue weighted by molar-refractivity contribution is 5.79. The molecule has 1 rings (SSSR count). The molecule has 2 nitrogen and oxygen atoms in total. The molecule has 0 amide bonds. The summed E-state index contributed by atoms with van der Waals surface area (Å²) in [7, 11) is 0. The molecule has 1 saturated carbocycles. The molecular formula is C11H18O2. The molecule has 0 spiro atoms. The molecule has 0 aromatic rings. The number of hydrogen-bond acceptors (Lipinski definition) is 1. The van der Waals surface area contributed by atoms with Crippen LogP contribution in [0, 0.1) is 11.8 Å². The van der Waals surface area contributed by atoms with E-state index in [1.54, 1.807) is 0 Å². The van der Waals surface area contributed by atoms with E-state index in [9.17, 15) is 4.79 Å². The van der Waals surface area contributed by atoms with Gasteiger partial charge in [0.25, 0.3) is 0 Å². The van der Waals surface area contributed by atoms with Gasteiger partial charge in [-0.3, -0.25) is 0 Å². The van der Waals surface area contributed by atoms with Crippen molar-refractivity contribution < 1.29 is 9.90 Å². The molecule has 0 radical (unpaired) electrons. The van der Waals surface area contributed by atoms with Crippen molar-refractivity contribution in [1.82, 2.24) is 0 Å². The molecule has 1 aliphatic rings. The molecule has 1 fully saturated rings. The van der Waals surface area contributed by atoms with Crippen LogP contribution in [0.15, 0.2) is 12.2 Å². The minimum atomic E-state index is -0.831. The van der Waals surface area contributed by atoms with Crippen LogP contribution < -0.4 is 0 Å². The average Bonchev–Trinajstić information content (AvgIpc) is 2.15. The van der Waals surface area contributed by atoms with Crippen LogP contribution in [0.4, 0.5) is 0 Å². The first-order valence-corrected chi connectivity index (χ1v) is 5.11. The lowest BCUT2D eigenvalue weighted by atomic mass is 9.81. The van der Waals surface area contributed by atoms with E-state index in [0.717, 1.165) is 0 Å². The number of carboxylic acids is 1. The third-order valence-electron chi connectivity index (χ3n) is 2.94. The lowest BCUT2D eigenvalue weighted by Crippen LogP contribution is -2.13. The molecule has 0 aromatic carbocycles. The van der Waals surface area contributed by atoms with Crippen molar-refractivity contribution in [2.45, 2.75) is 39.0 Å². The van der Waals surface area contributed by atoms with Crippen LogP contribution in [0.1, 0.15) is 39.0 Å². The first-order chi connectivity index (χ1) is 6.20. The number of hydrogen-bond donors (Lipinski definition) is 1. The van der Waals surface area contributed by atoms with Crippen molar-refractivity contribution >= 4 is 5.97 Å². The van der Waals surface area contributed by atoms with E-state index in [1.165, 1.54) is 38.2 Å². The maximum absolute atomic E-state index is 10.3. The molecular weight excluding hydrogens is 164 g/mol. The Morgan fingerprint density at radius 2 is 2.00 bits per heavy atom. The zero-order chi connectivity index (χ0) is 9.68. The Kier molecular flexibility index (Phi) is 4.00. The van der Waals surface area contributed by atoms with Gasteiger partial charge in [0.15, 0.2) is 0 Å². The first kappa shape index (κ1) is 10.3. The van der Waals surface area contributed by atoms with Gasteiger partial charge in [-0.1, -0.05) is 32.3 Å². The van der Waals surface area contributed by atoms with Crippen LogP contribution in [-0.4, -0.2) is 11.1 Å². The average molecular weight is 182 g/mol. The van der Waals surface area contributed by atoms with E-state index in [-0.39, 0.29) is 0 Å². The van der Waals surface area contributed by atoms with Crippen molar-refractivity contribution in [2.75, 3.05) is 0 Å². The summed E-state index contributed by atoms with van der Waals surface area (Å²) in [6.45, 7) is 2.12. The smallest absolute Gasteiger partial charge is 0.327 e. The molecule has 1 unspecified atom stereocenters. The Morgan fingerprint density at radius 3 is 2.54 bits per heavy atom. The first-order valence-electron chi connectivity index (χ1n) is 5.11. The highest BCUT2D eigenvalue weighted by Gasteiger charge is 2.17. The Labute approximate surface area is 79.6 Å². The third-order valence-corrected chi connectivity index (χ3v) is 2.94. The summed E-state index contributed by atoms with van der Waals surface area (Å²) < 4.78 is 0. The van der Waals surface area contributed by atoms with Crippen molar-refractivity contribution in [3.05, 3.63) is 12.2 Å². The summed E-state index contributed by atoms with van der Waals surface area (Å²) in [6.07, 6.45) is 9.63. The fourth-order valence-corrected chi connectivity index (χ4v) is 2.05. The van der Waals surface area contributed by atoms with E-state index in [1.807, 2.05) is 6.08 Å². The fraction of sp³-hybridized carbons (Fsp3) is 0.727. The van der Waals surface area contributed by atoms with E-state index in [4.69, 9.17) is 5.11 Å². The summed E-state index contributed by atoms with van der Waals surface area (Å²) in [5.41, 5.74) is 0. The molecule has 1 atom stereocenters. The van der Waals surface area contributed by atoms with Gasteiger partial charge in [0.05, 0.1) is 0 Å². The molecule has 0 heterocycles. The van der Waals surface area contributed by atoms with Gasteiger partial charge in [-0.25, -0.2) is 4.79 Å². The number of aliphatic carboxylic acids is 1. The van der Waals surface area contributed by atoms with Crippen LogP contribution in [-0.2, 0) is 4.79 Å². The van der Waals surface area contributed by atoms with Crippen LogP contribution in [0.25, 0.3) is 0 Å².